The van der Waals surface area contributed by atoms with Gasteiger partial charge in [-0.1, -0.05) is 72.3 Å². The number of ether oxygens (including phenoxy) is 2. The minimum absolute atomic E-state index is 0.636. The van der Waals surface area contributed by atoms with Gasteiger partial charge in [-0.05, 0) is 47.5 Å². The SMILES string of the molecule is Clc1cc(-c2ccccc2)ccc1Nc1cc2c3c(c1)Oc1ccccc1N3c1ccccc1O2. The number of benzene rings is 5. The second-order valence-corrected chi connectivity index (χ2v) is 8.89. The zero-order valence-corrected chi connectivity index (χ0v) is 19.3. The van der Waals surface area contributed by atoms with Crippen LogP contribution in [0.5, 0.6) is 23.0 Å². The van der Waals surface area contributed by atoms with Crippen LogP contribution in [0.25, 0.3) is 11.1 Å². The molecule has 7 rings (SSSR count). The van der Waals surface area contributed by atoms with Crippen LogP contribution >= 0.6 is 11.6 Å². The molecule has 2 aliphatic rings. The zero-order valence-electron chi connectivity index (χ0n) is 18.5. The Labute approximate surface area is 207 Å². The first-order valence-electron chi connectivity index (χ1n) is 11.4. The number of hydrogen-bond acceptors (Lipinski definition) is 4. The molecule has 168 valence electrons. The van der Waals surface area contributed by atoms with Crippen molar-refractivity contribution >= 4 is 40.0 Å². The third-order valence-electron chi connectivity index (χ3n) is 6.27. The molecule has 0 aromatic heterocycles. The highest BCUT2D eigenvalue weighted by molar-refractivity contribution is 6.33. The smallest absolute Gasteiger partial charge is 0.157 e. The molecule has 0 saturated heterocycles. The highest BCUT2D eigenvalue weighted by Gasteiger charge is 2.34. The Balaban J connectivity index is 1.30. The van der Waals surface area contributed by atoms with E-state index in [1.165, 1.54) is 0 Å². The van der Waals surface area contributed by atoms with Crippen molar-refractivity contribution in [2.24, 2.45) is 0 Å². The molecule has 35 heavy (non-hydrogen) atoms. The van der Waals surface area contributed by atoms with Crippen LogP contribution < -0.4 is 19.7 Å². The molecule has 0 radical (unpaired) electrons. The molecule has 0 aliphatic carbocycles. The van der Waals surface area contributed by atoms with Gasteiger partial charge in [0.2, 0.25) is 0 Å². The number of para-hydroxylation sites is 4. The quantitative estimate of drug-likeness (QED) is 0.276. The number of rotatable bonds is 3. The summed E-state index contributed by atoms with van der Waals surface area (Å²) in [5.74, 6) is 3.03. The van der Waals surface area contributed by atoms with Gasteiger partial charge in [-0.2, -0.15) is 0 Å². The molecule has 1 N–H and O–H groups in total. The molecular formula is C30H19ClN2O2. The van der Waals surface area contributed by atoms with Crippen LogP contribution in [0.2, 0.25) is 5.02 Å². The Morgan fingerprint density at radius 1 is 0.571 bits per heavy atom. The molecule has 2 aliphatic heterocycles. The number of nitrogens with one attached hydrogen (secondary N) is 1. The summed E-state index contributed by atoms with van der Waals surface area (Å²) in [6.07, 6.45) is 0. The van der Waals surface area contributed by atoms with Crippen LogP contribution in [0, 0.1) is 0 Å². The predicted octanol–water partition coefficient (Wildman–Crippen LogP) is 9.43. The fourth-order valence-electron chi connectivity index (χ4n) is 4.68. The van der Waals surface area contributed by atoms with E-state index in [-0.39, 0.29) is 0 Å². The Morgan fingerprint density at radius 3 is 1.80 bits per heavy atom. The first kappa shape index (κ1) is 20.0. The van der Waals surface area contributed by atoms with Gasteiger partial charge >= 0.3 is 0 Å². The zero-order chi connectivity index (χ0) is 23.4. The van der Waals surface area contributed by atoms with Crippen molar-refractivity contribution in [2.75, 3.05) is 10.2 Å². The average Bonchev–Trinajstić information content (AvgIpc) is 2.90. The number of anilines is 5. The van der Waals surface area contributed by atoms with Crippen molar-refractivity contribution in [2.45, 2.75) is 0 Å². The first-order chi connectivity index (χ1) is 17.2. The molecule has 0 fully saturated rings. The predicted molar refractivity (Wildman–Crippen MR) is 141 cm³/mol. The standard InChI is InChI=1S/C30H19ClN2O2/c31-22-16-20(19-8-2-1-3-9-19)14-15-23(22)32-21-17-28-30-29(18-21)35-27-13-7-5-11-25(27)33(30)24-10-4-6-12-26(24)34-28/h1-18,32H. The second-order valence-electron chi connectivity index (χ2n) is 8.48. The lowest BCUT2D eigenvalue weighted by molar-refractivity contribution is 0.446. The largest absolute Gasteiger partial charge is 0.453 e. The molecule has 5 heteroatoms. The number of hydrogen-bond donors (Lipinski definition) is 1. The van der Waals surface area contributed by atoms with Crippen molar-refractivity contribution < 1.29 is 9.47 Å². The summed E-state index contributed by atoms with van der Waals surface area (Å²) in [5, 5.41) is 4.09. The summed E-state index contributed by atoms with van der Waals surface area (Å²) >= 11 is 6.68. The van der Waals surface area contributed by atoms with Crippen molar-refractivity contribution in [3.8, 4) is 34.1 Å². The van der Waals surface area contributed by atoms with Gasteiger partial charge in [-0.25, -0.2) is 0 Å². The van der Waals surface area contributed by atoms with Crippen LogP contribution in [0.1, 0.15) is 0 Å². The minimum Gasteiger partial charge on any atom is -0.453 e. The fourth-order valence-corrected chi connectivity index (χ4v) is 4.90. The van der Waals surface area contributed by atoms with Gasteiger partial charge in [0.1, 0.15) is 5.69 Å². The van der Waals surface area contributed by atoms with Crippen molar-refractivity contribution in [3.63, 3.8) is 0 Å². The topological polar surface area (TPSA) is 33.7 Å². The highest BCUT2D eigenvalue weighted by atomic mass is 35.5. The van der Waals surface area contributed by atoms with E-state index >= 15 is 0 Å². The van der Waals surface area contributed by atoms with E-state index in [1.807, 2.05) is 78.9 Å². The number of fused-ring (bicyclic) bond motifs is 4. The molecule has 0 bridgehead atoms. The lowest BCUT2D eigenvalue weighted by Crippen LogP contribution is -2.20. The summed E-state index contributed by atoms with van der Waals surface area (Å²) in [7, 11) is 0. The van der Waals surface area contributed by atoms with Crippen molar-refractivity contribution in [1.29, 1.82) is 0 Å². The van der Waals surface area contributed by atoms with Gasteiger partial charge in [-0.3, -0.25) is 4.90 Å². The Hall–Kier alpha value is -4.41. The normalized spacial score (nSPS) is 12.5. The van der Waals surface area contributed by atoms with Crippen LogP contribution in [-0.2, 0) is 0 Å². The van der Waals surface area contributed by atoms with Gasteiger partial charge < -0.3 is 14.8 Å². The Kier molecular flexibility index (Phi) is 4.47. The van der Waals surface area contributed by atoms with Gasteiger partial charge in [-0.15, -0.1) is 0 Å². The van der Waals surface area contributed by atoms with Crippen molar-refractivity contribution in [1.82, 2.24) is 0 Å². The molecule has 2 heterocycles. The average molecular weight is 475 g/mol. The second kappa shape index (κ2) is 7.83. The van der Waals surface area contributed by atoms with E-state index in [2.05, 4.69) is 40.5 Å². The van der Waals surface area contributed by atoms with E-state index in [4.69, 9.17) is 21.1 Å². The lowest BCUT2D eigenvalue weighted by atomic mass is 10.1. The summed E-state index contributed by atoms with van der Waals surface area (Å²) in [4.78, 5) is 2.20. The molecule has 0 spiro atoms. The highest BCUT2D eigenvalue weighted by Crippen LogP contribution is 2.60. The van der Waals surface area contributed by atoms with Crippen LogP contribution in [0.15, 0.2) is 109 Å². The first-order valence-corrected chi connectivity index (χ1v) is 11.8. The Morgan fingerprint density at radius 2 is 1.17 bits per heavy atom. The maximum Gasteiger partial charge on any atom is 0.157 e. The maximum atomic E-state index is 6.68. The molecule has 0 amide bonds. The van der Waals surface area contributed by atoms with E-state index < -0.39 is 0 Å². The van der Waals surface area contributed by atoms with E-state index in [9.17, 15) is 0 Å². The van der Waals surface area contributed by atoms with Crippen LogP contribution in [-0.4, -0.2) is 0 Å². The molecule has 0 unspecified atom stereocenters. The van der Waals surface area contributed by atoms with E-state index in [1.54, 1.807) is 0 Å². The molecule has 4 nitrogen and oxygen atoms in total. The lowest BCUT2D eigenvalue weighted by Gasteiger charge is -2.38. The summed E-state index contributed by atoms with van der Waals surface area (Å²) in [5.41, 5.74) is 6.68. The third-order valence-corrected chi connectivity index (χ3v) is 6.58. The van der Waals surface area contributed by atoms with Gasteiger partial charge in [0.25, 0.3) is 0 Å². The molecular weight excluding hydrogens is 456 g/mol. The van der Waals surface area contributed by atoms with Gasteiger partial charge in [0, 0.05) is 17.8 Å². The fraction of sp³-hybridized carbons (Fsp3) is 0. The number of halogens is 1. The Bertz CT molecular complexity index is 1530. The van der Waals surface area contributed by atoms with E-state index in [0.717, 1.165) is 62.6 Å². The van der Waals surface area contributed by atoms with Crippen molar-refractivity contribution in [3.05, 3.63) is 114 Å². The molecule has 0 saturated carbocycles. The summed E-state index contributed by atoms with van der Waals surface area (Å²) < 4.78 is 12.7. The summed E-state index contributed by atoms with van der Waals surface area (Å²) in [6.45, 7) is 0. The molecule has 5 aromatic rings. The monoisotopic (exact) mass is 474 g/mol. The summed E-state index contributed by atoms with van der Waals surface area (Å²) in [6, 6.07) is 36.3. The maximum absolute atomic E-state index is 6.68. The molecule has 5 aromatic carbocycles. The van der Waals surface area contributed by atoms with E-state index in [0.29, 0.717) is 5.02 Å². The molecule has 0 atom stereocenters. The third kappa shape index (κ3) is 3.30. The van der Waals surface area contributed by atoms with Gasteiger partial charge in [0.15, 0.2) is 23.0 Å². The minimum atomic E-state index is 0.636. The van der Waals surface area contributed by atoms with Crippen LogP contribution in [0.4, 0.5) is 28.4 Å². The van der Waals surface area contributed by atoms with Gasteiger partial charge in [0.05, 0.1) is 22.1 Å². The van der Waals surface area contributed by atoms with Crippen LogP contribution in [0.3, 0.4) is 0 Å². The number of nitrogens with zero attached hydrogens (tertiary/aromatic N) is 1.